The van der Waals surface area contributed by atoms with Crippen LogP contribution in [0.15, 0.2) is 70.3 Å². The highest BCUT2D eigenvalue weighted by atomic mass is 35.5. The minimum absolute atomic E-state index is 0.122. The third-order valence-electron chi connectivity index (χ3n) is 4.73. The van der Waals surface area contributed by atoms with Gasteiger partial charge in [-0.15, -0.1) is 11.3 Å². The van der Waals surface area contributed by atoms with Gasteiger partial charge in [0.05, 0.1) is 11.0 Å². The fourth-order valence-corrected chi connectivity index (χ4v) is 5.99. The van der Waals surface area contributed by atoms with Gasteiger partial charge >= 0.3 is 0 Å². The molecule has 2 aromatic heterocycles. The second-order valence-electron chi connectivity index (χ2n) is 6.58. The van der Waals surface area contributed by atoms with E-state index in [1.54, 1.807) is 17.5 Å². The fraction of sp³-hybridized carbons (Fsp3) is 0.100. The summed E-state index contributed by atoms with van der Waals surface area (Å²) in [5.41, 5.74) is 2.26. The first kappa shape index (κ1) is 18.4. The van der Waals surface area contributed by atoms with Gasteiger partial charge in [0, 0.05) is 11.6 Å². The molecule has 146 valence electrons. The average Bonchev–Trinajstić information content (AvgIpc) is 3.38. The van der Waals surface area contributed by atoms with Crippen molar-refractivity contribution in [1.29, 1.82) is 0 Å². The molecule has 0 bridgehead atoms. The van der Waals surface area contributed by atoms with E-state index in [9.17, 15) is 8.42 Å². The third kappa shape index (κ3) is 3.13. The Kier molecular flexibility index (Phi) is 4.42. The van der Waals surface area contributed by atoms with E-state index < -0.39 is 10.0 Å². The minimum Gasteiger partial charge on any atom is -0.330 e. The summed E-state index contributed by atoms with van der Waals surface area (Å²) in [6, 6.07) is 18.3. The SMILES string of the molecule is O=S(=O)(c1cccs1)N1CN(Cc2ccccc2Cl)c2nc3ccccc3nc21. The predicted octanol–water partition coefficient (Wildman–Crippen LogP) is 4.52. The van der Waals surface area contributed by atoms with Crippen LogP contribution in [-0.4, -0.2) is 25.1 Å². The largest absolute Gasteiger partial charge is 0.330 e. The smallest absolute Gasteiger partial charge is 0.276 e. The van der Waals surface area contributed by atoms with Crippen LogP contribution < -0.4 is 9.21 Å². The third-order valence-corrected chi connectivity index (χ3v) is 8.19. The van der Waals surface area contributed by atoms with Crippen LogP contribution in [0.3, 0.4) is 0 Å². The normalized spacial score (nSPS) is 13.8. The Bertz CT molecular complexity index is 1310. The van der Waals surface area contributed by atoms with Crippen LogP contribution in [0.5, 0.6) is 0 Å². The molecular weight excluding hydrogens is 428 g/mol. The fourth-order valence-electron chi connectivity index (χ4n) is 3.32. The van der Waals surface area contributed by atoms with E-state index in [4.69, 9.17) is 16.6 Å². The highest BCUT2D eigenvalue weighted by molar-refractivity contribution is 7.94. The number of anilines is 2. The molecule has 6 nitrogen and oxygen atoms in total. The molecule has 1 aliphatic rings. The first-order valence-corrected chi connectivity index (χ1v) is 11.6. The number of hydrogen-bond acceptors (Lipinski definition) is 6. The van der Waals surface area contributed by atoms with Crippen molar-refractivity contribution in [2.75, 3.05) is 15.9 Å². The predicted molar refractivity (Wildman–Crippen MR) is 116 cm³/mol. The van der Waals surface area contributed by atoms with Crippen molar-refractivity contribution in [3.05, 3.63) is 76.6 Å². The highest BCUT2D eigenvalue weighted by Gasteiger charge is 2.38. The summed E-state index contributed by atoms with van der Waals surface area (Å²) in [5, 5.41) is 2.37. The summed E-state index contributed by atoms with van der Waals surface area (Å²) >= 11 is 7.52. The summed E-state index contributed by atoms with van der Waals surface area (Å²) in [7, 11) is -3.74. The number of thiophene rings is 1. The maximum Gasteiger partial charge on any atom is 0.276 e. The Morgan fingerprint density at radius 1 is 0.931 bits per heavy atom. The van der Waals surface area contributed by atoms with Gasteiger partial charge < -0.3 is 4.90 Å². The van der Waals surface area contributed by atoms with E-state index in [0.717, 1.165) is 5.56 Å². The summed E-state index contributed by atoms with van der Waals surface area (Å²) in [6.45, 7) is 0.549. The molecule has 0 aliphatic carbocycles. The van der Waals surface area contributed by atoms with Gasteiger partial charge in [-0.3, -0.25) is 0 Å². The van der Waals surface area contributed by atoms with Crippen molar-refractivity contribution in [3.8, 4) is 0 Å². The quantitative estimate of drug-likeness (QED) is 0.465. The van der Waals surface area contributed by atoms with Crippen LogP contribution in [0, 0.1) is 0 Å². The molecule has 0 spiro atoms. The number of halogens is 1. The Morgan fingerprint density at radius 3 is 2.31 bits per heavy atom. The van der Waals surface area contributed by atoms with Crippen molar-refractivity contribution in [3.63, 3.8) is 0 Å². The van der Waals surface area contributed by atoms with Crippen LogP contribution in [0.4, 0.5) is 11.6 Å². The van der Waals surface area contributed by atoms with Gasteiger partial charge in [0.25, 0.3) is 10.0 Å². The van der Waals surface area contributed by atoms with Gasteiger partial charge in [0.15, 0.2) is 11.6 Å². The zero-order valence-electron chi connectivity index (χ0n) is 15.1. The first-order chi connectivity index (χ1) is 14.0. The second-order valence-corrected chi connectivity index (χ2v) is 10.0. The Labute approximate surface area is 177 Å². The van der Waals surface area contributed by atoms with Gasteiger partial charge in [-0.2, -0.15) is 0 Å². The van der Waals surface area contributed by atoms with Crippen LogP contribution >= 0.6 is 22.9 Å². The number of sulfonamides is 1. The van der Waals surface area contributed by atoms with Crippen molar-refractivity contribution in [2.24, 2.45) is 0 Å². The number of nitrogens with zero attached hydrogens (tertiary/aromatic N) is 4. The lowest BCUT2D eigenvalue weighted by Gasteiger charge is -2.20. The molecule has 29 heavy (non-hydrogen) atoms. The zero-order valence-corrected chi connectivity index (χ0v) is 17.5. The van der Waals surface area contributed by atoms with Gasteiger partial charge in [-0.05, 0) is 35.2 Å². The number of benzene rings is 2. The monoisotopic (exact) mass is 442 g/mol. The molecule has 0 fully saturated rings. The molecule has 0 amide bonds. The summed E-state index contributed by atoms with van der Waals surface area (Å²) in [4.78, 5) is 11.3. The molecule has 9 heteroatoms. The molecule has 0 atom stereocenters. The summed E-state index contributed by atoms with van der Waals surface area (Å²) in [6.07, 6.45) is 0. The molecule has 1 aliphatic heterocycles. The van der Waals surface area contributed by atoms with Crippen LogP contribution in [0.2, 0.25) is 5.02 Å². The average molecular weight is 443 g/mol. The van der Waals surface area contributed by atoms with E-state index in [-0.39, 0.29) is 10.9 Å². The van der Waals surface area contributed by atoms with Gasteiger partial charge in [0.2, 0.25) is 0 Å². The molecule has 0 saturated carbocycles. The van der Waals surface area contributed by atoms with Crippen molar-refractivity contribution in [1.82, 2.24) is 9.97 Å². The van der Waals surface area contributed by atoms with E-state index in [2.05, 4.69) is 4.98 Å². The molecule has 0 saturated heterocycles. The lowest BCUT2D eigenvalue weighted by atomic mass is 10.2. The topological polar surface area (TPSA) is 66.4 Å². The number of fused-ring (bicyclic) bond motifs is 2. The minimum atomic E-state index is -3.74. The van der Waals surface area contributed by atoms with Gasteiger partial charge in [0.1, 0.15) is 10.9 Å². The first-order valence-electron chi connectivity index (χ1n) is 8.85. The van der Waals surface area contributed by atoms with E-state index in [1.165, 1.54) is 15.6 Å². The van der Waals surface area contributed by atoms with Gasteiger partial charge in [-0.1, -0.05) is 48.0 Å². The molecule has 2 aromatic carbocycles. The molecule has 0 radical (unpaired) electrons. The number of aromatic nitrogens is 2. The number of hydrogen-bond donors (Lipinski definition) is 0. The highest BCUT2D eigenvalue weighted by Crippen LogP contribution is 2.39. The van der Waals surface area contributed by atoms with Crippen molar-refractivity contribution >= 4 is 55.6 Å². The Morgan fingerprint density at radius 2 is 1.62 bits per heavy atom. The van der Waals surface area contributed by atoms with Gasteiger partial charge in [-0.25, -0.2) is 22.7 Å². The van der Waals surface area contributed by atoms with Crippen LogP contribution in [-0.2, 0) is 16.6 Å². The lowest BCUT2D eigenvalue weighted by Crippen LogP contribution is -2.35. The number of rotatable bonds is 4. The molecule has 0 unspecified atom stereocenters. The molecule has 4 aromatic rings. The van der Waals surface area contributed by atoms with E-state index in [1.807, 2.05) is 53.4 Å². The molecular formula is C20H15ClN4O2S2. The molecule has 0 N–H and O–H groups in total. The van der Waals surface area contributed by atoms with Crippen LogP contribution in [0.1, 0.15) is 5.56 Å². The van der Waals surface area contributed by atoms with E-state index in [0.29, 0.717) is 34.2 Å². The second kappa shape index (κ2) is 6.98. The van der Waals surface area contributed by atoms with Crippen LogP contribution in [0.25, 0.3) is 11.0 Å². The number of para-hydroxylation sites is 2. The summed E-state index contributed by atoms with van der Waals surface area (Å²) in [5.74, 6) is 0.868. The van der Waals surface area contributed by atoms with Crippen molar-refractivity contribution in [2.45, 2.75) is 10.8 Å². The van der Waals surface area contributed by atoms with E-state index >= 15 is 0 Å². The van der Waals surface area contributed by atoms with Crippen molar-refractivity contribution < 1.29 is 8.42 Å². The summed E-state index contributed by atoms with van der Waals surface area (Å²) < 4.78 is 28.2. The molecule has 3 heterocycles. The Balaban J connectivity index is 1.65. The standard InChI is InChI=1S/C20H15ClN4O2S2/c21-15-7-2-1-6-14(15)12-24-13-25(29(26,27)18-10-5-11-28-18)20-19(24)22-16-8-3-4-9-17(16)23-20/h1-11H,12-13H2. The molecule has 5 rings (SSSR count). The lowest BCUT2D eigenvalue weighted by molar-refractivity contribution is 0.593. The maximum absolute atomic E-state index is 13.3. The maximum atomic E-state index is 13.3. The Hall–Kier alpha value is -2.68. The zero-order chi connectivity index (χ0) is 20.0.